The SMILES string of the molecule is Cc1ccc(C(CNC(=O)Cc2ccc(Cl)cc2)N2CCC(C)CC2)o1. The molecule has 26 heavy (non-hydrogen) atoms. The van der Waals surface area contributed by atoms with Gasteiger partial charge in [-0.2, -0.15) is 0 Å². The molecule has 1 saturated heterocycles. The Morgan fingerprint density at radius 3 is 2.54 bits per heavy atom. The van der Waals surface area contributed by atoms with Crippen molar-refractivity contribution in [1.82, 2.24) is 10.2 Å². The minimum absolute atomic E-state index is 0.0194. The summed E-state index contributed by atoms with van der Waals surface area (Å²) in [5, 5.41) is 3.77. The van der Waals surface area contributed by atoms with Crippen LogP contribution in [-0.4, -0.2) is 30.4 Å². The van der Waals surface area contributed by atoms with Gasteiger partial charge >= 0.3 is 0 Å². The minimum Gasteiger partial charge on any atom is -0.465 e. The Bertz CT molecular complexity index is 718. The number of likely N-dealkylation sites (tertiary alicyclic amines) is 1. The van der Waals surface area contributed by atoms with E-state index >= 15 is 0 Å². The normalized spacial score (nSPS) is 17.2. The first-order valence-corrected chi connectivity index (χ1v) is 9.70. The third-order valence-electron chi connectivity index (χ3n) is 5.12. The first kappa shape index (κ1) is 19.0. The molecule has 0 radical (unpaired) electrons. The van der Waals surface area contributed by atoms with Crippen LogP contribution in [0.2, 0.25) is 5.02 Å². The monoisotopic (exact) mass is 374 g/mol. The number of carbonyl (C=O) groups is 1. The molecule has 140 valence electrons. The first-order valence-electron chi connectivity index (χ1n) is 9.33. The van der Waals surface area contributed by atoms with E-state index in [-0.39, 0.29) is 11.9 Å². The summed E-state index contributed by atoms with van der Waals surface area (Å²) in [7, 11) is 0. The second-order valence-electron chi connectivity index (χ2n) is 7.29. The molecule has 1 aromatic heterocycles. The first-order chi connectivity index (χ1) is 12.5. The second-order valence-corrected chi connectivity index (χ2v) is 7.73. The highest BCUT2D eigenvalue weighted by molar-refractivity contribution is 6.30. The van der Waals surface area contributed by atoms with Gasteiger partial charge in [-0.25, -0.2) is 0 Å². The van der Waals surface area contributed by atoms with E-state index in [1.54, 1.807) is 0 Å². The van der Waals surface area contributed by atoms with Crippen molar-refractivity contribution in [2.75, 3.05) is 19.6 Å². The van der Waals surface area contributed by atoms with Gasteiger partial charge in [-0.05, 0) is 68.6 Å². The summed E-state index contributed by atoms with van der Waals surface area (Å²) < 4.78 is 5.88. The maximum absolute atomic E-state index is 12.4. The van der Waals surface area contributed by atoms with E-state index in [9.17, 15) is 4.79 Å². The number of piperidine rings is 1. The molecule has 1 aliphatic heterocycles. The van der Waals surface area contributed by atoms with Gasteiger partial charge in [-0.3, -0.25) is 9.69 Å². The largest absolute Gasteiger partial charge is 0.465 e. The van der Waals surface area contributed by atoms with Crippen LogP contribution in [0.4, 0.5) is 0 Å². The highest BCUT2D eigenvalue weighted by atomic mass is 35.5. The van der Waals surface area contributed by atoms with Crippen molar-refractivity contribution in [2.45, 2.75) is 39.2 Å². The zero-order chi connectivity index (χ0) is 18.5. The molecule has 0 aliphatic carbocycles. The van der Waals surface area contributed by atoms with E-state index in [0.29, 0.717) is 18.0 Å². The molecule has 1 unspecified atom stereocenters. The van der Waals surface area contributed by atoms with Crippen molar-refractivity contribution in [3.63, 3.8) is 0 Å². The maximum atomic E-state index is 12.4. The maximum Gasteiger partial charge on any atom is 0.224 e. The Hall–Kier alpha value is -1.78. The zero-order valence-electron chi connectivity index (χ0n) is 15.5. The number of benzene rings is 1. The Balaban J connectivity index is 1.61. The number of halogens is 1. The van der Waals surface area contributed by atoms with Crippen LogP contribution in [0, 0.1) is 12.8 Å². The van der Waals surface area contributed by atoms with Crippen LogP contribution < -0.4 is 5.32 Å². The van der Waals surface area contributed by atoms with Crippen LogP contribution >= 0.6 is 11.6 Å². The molecular formula is C21H27ClN2O2. The topological polar surface area (TPSA) is 45.5 Å². The summed E-state index contributed by atoms with van der Waals surface area (Å²) >= 11 is 5.90. The van der Waals surface area contributed by atoms with Crippen LogP contribution in [-0.2, 0) is 11.2 Å². The number of hydrogen-bond donors (Lipinski definition) is 1. The van der Waals surface area contributed by atoms with E-state index in [0.717, 1.165) is 36.1 Å². The smallest absolute Gasteiger partial charge is 0.224 e. The molecule has 0 bridgehead atoms. The number of rotatable bonds is 6. The minimum atomic E-state index is 0.0194. The van der Waals surface area contributed by atoms with Gasteiger partial charge in [0.15, 0.2) is 0 Å². The van der Waals surface area contributed by atoms with E-state index in [1.807, 2.05) is 43.3 Å². The number of aryl methyl sites for hydroxylation is 1. The van der Waals surface area contributed by atoms with Gasteiger partial charge in [0.1, 0.15) is 11.5 Å². The van der Waals surface area contributed by atoms with Gasteiger partial charge < -0.3 is 9.73 Å². The third-order valence-corrected chi connectivity index (χ3v) is 5.37. The Morgan fingerprint density at radius 1 is 1.23 bits per heavy atom. The van der Waals surface area contributed by atoms with E-state index < -0.39 is 0 Å². The van der Waals surface area contributed by atoms with Crippen molar-refractivity contribution < 1.29 is 9.21 Å². The Labute approximate surface area is 160 Å². The van der Waals surface area contributed by atoms with Crippen LogP contribution in [0.1, 0.15) is 42.9 Å². The van der Waals surface area contributed by atoms with E-state index in [2.05, 4.69) is 17.1 Å². The molecule has 0 spiro atoms. The molecule has 1 fully saturated rings. The van der Waals surface area contributed by atoms with Gasteiger partial charge in [-0.15, -0.1) is 0 Å². The lowest BCUT2D eigenvalue weighted by molar-refractivity contribution is -0.120. The predicted molar refractivity (Wildman–Crippen MR) is 104 cm³/mol. The zero-order valence-corrected chi connectivity index (χ0v) is 16.3. The Morgan fingerprint density at radius 2 is 1.92 bits per heavy atom. The number of carbonyl (C=O) groups excluding carboxylic acids is 1. The van der Waals surface area contributed by atoms with Crippen molar-refractivity contribution in [2.24, 2.45) is 5.92 Å². The molecule has 3 rings (SSSR count). The highest BCUT2D eigenvalue weighted by Crippen LogP contribution is 2.27. The fourth-order valence-corrected chi connectivity index (χ4v) is 3.57. The van der Waals surface area contributed by atoms with Crippen molar-refractivity contribution in [1.29, 1.82) is 0 Å². The lowest BCUT2D eigenvalue weighted by atomic mass is 9.97. The highest BCUT2D eigenvalue weighted by Gasteiger charge is 2.27. The molecule has 1 amide bonds. The van der Waals surface area contributed by atoms with Gasteiger partial charge in [0.25, 0.3) is 0 Å². The summed E-state index contributed by atoms with van der Waals surface area (Å²) in [5.74, 6) is 2.63. The molecule has 0 saturated carbocycles. The fraction of sp³-hybridized carbons (Fsp3) is 0.476. The third kappa shape index (κ3) is 5.12. The lowest BCUT2D eigenvalue weighted by Gasteiger charge is -2.35. The summed E-state index contributed by atoms with van der Waals surface area (Å²) in [6.45, 7) is 6.90. The fourth-order valence-electron chi connectivity index (χ4n) is 3.44. The van der Waals surface area contributed by atoms with Crippen LogP contribution in [0.15, 0.2) is 40.8 Å². The van der Waals surface area contributed by atoms with Gasteiger partial charge in [-0.1, -0.05) is 30.7 Å². The molecule has 1 atom stereocenters. The van der Waals surface area contributed by atoms with Crippen LogP contribution in [0.25, 0.3) is 0 Å². The van der Waals surface area contributed by atoms with E-state index in [4.69, 9.17) is 16.0 Å². The lowest BCUT2D eigenvalue weighted by Crippen LogP contribution is -2.42. The summed E-state index contributed by atoms with van der Waals surface area (Å²) in [6.07, 6.45) is 2.74. The molecule has 1 aromatic carbocycles. The molecule has 4 nitrogen and oxygen atoms in total. The molecule has 1 N–H and O–H groups in total. The predicted octanol–water partition coefficient (Wildman–Crippen LogP) is 4.37. The summed E-state index contributed by atoms with van der Waals surface area (Å²) in [4.78, 5) is 14.8. The number of furan rings is 1. The van der Waals surface area contributed by atoms with Gasteiger partial charge in [0.2, 0.25) is 5.91 Å². The standard InChI is InChI=1S/C21H27ClN2O2/c1-15-9-11-24(12-10-15)19(20-8-3-16(2)26-20)14-23-21(25)13-17-4-6-18(22)7-5-17/h3-8,15,19H,9-14H2,1-2H3,(H,23,25). The number of amides is 1. The Kier molecular flexibility index (Phi) is 6.38. The average molecular weight is 375 g/mol. The van der Waals surface area contributed by atoms with Gasteiger partial charge in [0, 0.05) is 11.6 Å². The molecule has 2 heterocycles. The van der Waals surface area contributed by atoms with Gasteiger partial charge in [0.05, 0.1) is 12.5 Å². The van der Waals surface area contributed by atoms with Crippen molar-refractivity contribution in [3.8, 4) is 0 Å². The molecule has 2 aromatic rings. The summed E-state index contributed by atoms with van der Waals surface area (Å²) in [6, 6.07) is 11.5. The second kappa shape index (κ2) is 8.74. The molecular weight excluding hydrogens is 348 g/mol. The van der Waals surface area contributed by atoms with Crippen LogP contribution in [0.5, 0.6) is 0 Å². The number of nitrogens with zero attached hydrogens (tertiary/aromatic N) is 1. The molecule has 1 aliphatic rings. The quantitative estimate of drug-likeness (QED) is 0.816. The van der Waals surface area contributed by atoms with E-state index in [1.165, 1.54) is 12.8 Å². The summed E-state index contributed by atoms with van der Waals surface area (Å²) in [5.41, 5.74) is 0.962. The van der Waals surface area contributed by atoms with Crippen molar-refractivity contribution in [3.05, 3.63) is 58.5 Å². The molecule has 5 heteroatoms. The average Bonchev–Trinajstić information content (AvgIpc) is 3.05. The van der Waals surface area contributed by atoms with Crippen LogP contribution in [0.3, 0.4) is 0 Å². The van der Waals surface area contributed by atoms with Crippen molar-refractivity contribution >= 4 is 17.5 Å². The number of hydrogen-bond acceptors (Lipinski definition) is 3. The number of nitrogens with one attached hydrogen (secondary N) is 1.